The highest BCUT2D eigenvalue weighted by molar-refractivity contribution is 7.91. The van der Waals surface area contributed by atoms with Gasteiger partial charge in [-0.15, -0.1) is 0 Å². The van der Waals surface area contributed by atoms with Gasteiger partial charge in [0.15, 0.2) is 9.84 Å². The van der Waals surface area contributed by atoms with E-state index in [2.05, 4.69) is 15.3 Å². The number of hydrogen-bond donors (Lipinski definition) is 1. The molecule has 2 aromatic rings. The van der Waals surface area contributed by atoms with E-state index in [0.717, 1.165) is 12.1 Å². The number of para-hydroxylation sites is 1. The molecule has 1 unspecified atom stereocenters. The molecule has 0 bridgehead atoms. The van der Waals surface area contributed by atoms with Crippen LogP contribution in [0.15, 0.2) is 30.6 Å². The highest BCUT2D eigenvalue weighted by Crippen LogP contribution is 2.22. The normalized spacial score (nSPS) is 18.5. The van der Waals surface area contributed by atoms with Gasteiger partial charge in [0.05, 0.1) is 17.1 Å². The zero-order valence-electron chi connectivity index (χ0n) is 13.8. The van der Waals surface area contributed by atoms with Crippen molar-refractivity contribution in [3.05, 3.63) is 47.8 Å². The first-order chi connectivity index (χ1) is 12.3. The molecule has 0 saturated carbocycles. The fourth-order valence-corrected chi connectivity index (χ4v) is 4.46. The molecule has 1 amide bonds. The second-order valence-electron chi connectivity index (χ2n) is 5.99. The maximum atomic E-state index is 13.6. The van der Waals surface area contributed by atoms with Crippen molar-refractivity contribution in [2.75, 3.05) is 23.9 Å². The van der Waals surface area contributed by atoms with E-state index in [0.29, 0.717) is 6.42 Å². The van der Waals surface area contributed by atoms with Crippen molar-refractivity contribution in [3.63, 3.8) is 0 Å². The Hall–Kier alpha value is -2.62. The van der Waals surface area contributed by atoms with E-state index in [9.17, 15) is 22.0 Å². The van der Waals surface area contributed by atoms with E-state index < -0.39 is 33.4 Å². The number of carbonyl (C=O) groups is 1. The Kier molecular flexibility index (Phi) is 4.86. The number of hydrogen-bond acceptors (Lipinski definition) is 6. The number of aromatic nitrogens is 2. The third-order valence-corrected chi connectivity index (χ3v) is 5.93. The summed E-state index contributed by atoms with van der Waals surface area (Å²) < 4.78 is 50.3. The van der Waals surface area contributed by atoms with Gasteiger partial charge in [0, 0.05) is 25.5 Å². The van der Waals surface area contributed by atoms with Crippen LogP contribution in [-0.4, -0.2) is 53.8 Å². The quantitative estimate of drug-likeness (QED) is 0.866. The van der Waals surface area contributed by atoms with Gasteiger partial charge in [-0.25, -0.2) is 27.2 Å². The van der Waals surface area contributed by atoms with Crippen LogP contribution >= 0.6 is 0 Å². The minimum absolute atomic E-state index is 0.0584. The minimum atomic E-state index is -3.11. The fourth-order valence-electron chi connectivity index (χ4n) is 2.68. The maximum Gasteiger partial charge on any atom is 0.257 e. The van der Waals surface area contributed by atoms with E-state index in [4.69, 9.17) is 0 Å². The molecule has 1 aromatic heterocycles. The SMILES string of the molecule is CN(C(=O)c1cnc(Nc2c(F)cccc2F)nc1)C1CCS(=O)(=O)C1. The Morgan fingerprint density at radius 3 is 2.38 bits per heavy atom. The Labute approximate surface area is 149 Å². The number of halogens is 2. The molecule has 1 atom stereocenters. The lowest BCUT2D eigenvalue weighted by Crippen LogP contribution is -2.37. The van der Waals surface area contributed by atoms with Crippen molar-refractivity contribution in [1.82, 2.24) is 14.9 Å². The molecule has 3 rings (SSSR count). The van der Waals surface area contributed by atoms with Crippen molar-refractivity contribution >= 4 is 27.4 Å². The van der Waals surface area contributed by atoms with Gasteiger partial charge in [0.1, 0.15) is 17.3 Å². The summed E-state index contributed by atoms with van der Waals surface area (Å²) in [6.45, 7) is 0. The highest BCUT2D eigenvalue weighted by Gasteiger charge is 2.33. The molecule has 0 spiro atoms. The number of anilines is 2. The van der Waals surface area contributed by atoms with Crippen molar-refractivity contribution in [2.45, 2.75) is 12.5 Å². The first-order valence-electron chi connectivity index (χ1n) is 7.77. The highest BCUT2D eigenvalue weighted by atomic mass is 32.2. The van der Waals surface area contributed by atoms with Gasteiger partial charge in [0.2, 0.25) is 5.95 Å². The average Bonchev–Trinajstić information content (AvgIpc) is 2.97. The van der Waals surface area contributed by atoms with Gasteiger partial charge in [-0.3, -0.25) is 4.79 Å². The Balaban J connectivity index is 1.72. The van der Waals surface area contributed by atoms with Gasteiger partial charge >= 0.3 is 0 Å². The van der Waals surface area contributed by atoms with Gasteiger partial charge in [0.25, 0.3) is 5.91 Å². The Bertz CT molecular complexity index is 915. The molecule has 1 aliphatic rings. The number of rotatable bonds is 4. The van der Waals surface area contributed by atoms with Gasteiger partial charge < -0.3 is 10.2 Å². The number of carbonyl (C=O) groups excluding carboxylic acids is 1. The topological polar surface area (TPSA) is 92.3 Å². The molecule has 26 heavy (non-hydrogen) atoms. The van der Waals surface area contributed by atoms with Crippen LogP contribution in [0.1, 0.15) is 16.8 Å². The van der Waals surface area contributed by atoms with Crippen molar-refractivity contribution in [1.29, 1.82) is 0 Å². The molecular weight excluding hydrogens is 366 g/mol. The van der Waals surface area contributed by atoms with Crippen molar-refractivity contribution < 1.29 is 22.0 Å². The van der Waals surface area contributed by atoms with Crippen LogP contribution in [0.25, 0.3) is 0 Å². The lowest BCUT2D eigenvalue weighted by Gasteiger charge is -2.23. The third-order valence-electron chi connectivity index (χ3n) is 4.17. The smallest absolute Gasteiger partial charge is 0.257 e. The van der Waals surface area contributed by atoms with E-state index in [1.807, 2.05) is 0 Å². The number of benzene rings is 1. The van der Waals surface area contributed by atoms with Crippen LogP contribution in [-0.2, 0) is 9.84 Å². The number of nitrogens with one attached hydrogen (secondary N) is 1. The summed E-state index contributed by atoms with van der Waals surface area (Å²) >= 11 is 0. The monoisotopic (exact) mass is 382 g/mol. The molecule has 1 N–H and O–H groups in total. The molecule has 7 nitrogen and oxygen atoms in total. The lowest BCUT2D eigenvalue weighted by atomic mass is 10.2. The van der Waals surface area contributed by atoms with E-state index in [1.165, 1.54) is 30.4 Å². The predicted octanol–water partition coefficient (Wildman–Crippen LogP) is 1.76. The van der Waals surface area contributed by atoms with E-state index in [-0.39, 0.29) is 28.7 Å². The van der Waals surface area contributed by atoms with Gasteiger partial charge in [-0.05, 0) is 18.6 Å². The summed E-state index contributed by atoms with van der Waals surface area (Å²) in [4.78, 5) is 21.6. The molecule has 10 heteroatoms. The van der Waals surface area contributed by atoms with Crippen molar-refractivity contribution in [3.8, 4) is 0 Å². The second kappa shape index (κ2) is 6.94. The second-order valence-corrected chi connectivity index (χ2v) is 8.22. The molecule has 0 aliphatic carbocycles. The minimum Gasteiger partial charge on any atom is -0.338 e. The standard InChI is InChI=1S/C16H16F2N4O3S/c1-22(11-5-6-26(24,25)9-11)15(23)10-7-19-16(20-8-10)21-14-12(17)3-2-4-13(14)18/h2-4,7-8,11H,5-6,9H2,1H3,(H,19,20,21). The molecule has 0 radical (unpaired) electrons. The summed E-state index contributed by atoms with van der Waals surface area (Å²) in [7, 11) is -1.59. The first-order valence-corrected chi connectivity index (χ1v) is 9.59. The van der Waals surface area contributed by atoms with Crippen LogP contribution in [0.4, 0.5) is 20.4 Å². The summed E-state index contributed by atoms with van der Waals surface area (Å²) in [6.07, 6.45) is 2.82. The maximum absolute atomic E-state index is 13.6. The van der Waals surface area contributed by atoms with E-state index in [1.54, 1.807) is 0 Å². The Morgan fingerprint density at radius 2 is 1.85 bits per heavy atom. The predicted molar refractivity (Wildman–Crippen MR) is 90.8 cm³/mol. The largest absolute Gasteiger partial charge is 0.338 e. The van der Waals surface area contributed by atoms with Crippen LogP contribution in [0.3, 0.4) is 0 Å². The molecule has 1 fully saturated rings. The summed E-state index contributed by atoms with van der Waals surface area (Å²) in [5.41, 5.74) is -0.240. The zero-order valence-corrected chi connectivity index (χ0v) is 14.6. The van der Waals surface area contributed by atoms with Crippen LogP contribution in [0.5, 0.6) is 0 Å². The number of amides is 1. The molecule has 1 saturated heterocycles. The lowest BCUT2D eigenvalue weighted by molar-refractivity contribution is 0.0747. The third kappa shape index (κ3) is 3.79. The number of nitrogens with zero attached hydrogens (tertiary/aromatic N) is 3. The molecular formula is C16H16F2N4O3S. The average molecular weight is 382 g/mol. The van der Waals surface area contributed by atoms with Gasteiger partial charge in [-0.1, -0.05) is 6.07 Å². The Morgan fingerprint density at radius 1 is 1.23 bits per heavy atom. The van der Waals surface area contributed by atoms with Crippen LogP contribution in [0, 0.1) is 11.6 Å². The zero-order chi connectivity index (χ0) is 18.9. The molecule has 2 heterocycles. The summed E-state index contributed by atoms with van der Waals surface area (Å²) in [5, 5.41) is 2.43. The van der Waals surface area contributed by atoms with Gasteiger partial charge in [-0.2, -0.15) is 0 Å². The van der Waals surface area contributed by atoms with Crippen molar-refractivity contribution in [2.24, 2.45) is 0 Å². The first kappa shape index (κ1) is 18.2. The summed E-state index contributed by atoms with van der Waals surface area (Å²) in [6, 6.07) is 3.03. The number of sulfone groups is 1. The van der Waals surface area contributed by atoms with Crippen LogP contribution in [0.2, 0.25) is 0 Å². The molecule has 1 aromatic carbocycles. The molecule has 138 valence electrons. The molecule has 1 aliphatic heterocycles. The van der Waals surface area contributed by atoms with E-state index >= 15 is 0 Å². The summed E-state index contributed by atoms with van der Waals surface area (Å²) in [5.74, 6) is -2.09. The fraction of sp³-hybridized carbons (Fsp3) is 0.312. The van der Waals surface area contributed by atoms with Crippen LogP contribution < -0.4 is 5.32 Å².